The van der Waals surface area contributed by atoms with Gasteiger partial charge in [-0.05, 0) is 62.8 Å². The number of methoxy groups -OCH3 is 1. The van der Waals surface area contributed by atoms with E-state index < -0.39 is 0 Å². The van der Waals surface area contributed by atoms with Gasteiger partial charge in [0.25, 0.3) is 0 Å². The first-order valence-corrected chi connectivity index (χ1v) is 8.85. The van der Waals surface area contributed by atoms with Gasteiger partial charge in [0, 0.05) is 17.7 Å². The summed E-state index contributed by atoms with van der Waals surface area (Å²) in [6.07, 6.45) is 0.660. The SMILES string of the molecule is COc1ccc2c(c1)/C(=N\NC(=S)Nc1ccccc1C)CC(C)(C)O2. The average Bonchev–Trinajstić information content (AvgIpc) is 2.60. The molecule has 0 atom stereocenters. The molecule has 2 aromatic carbocycles. The van der Waals surface area contributed by atoms with E-state index in [0.29, 0.717) is 11.5 Å². The fourth-order valence-corrected chi connectivity index (χ4v) is 3.02. The van der Waals surface area contributed by atoms with Gasteiger partial charge in [-0.1, -0.05) is 18.2 Å². The number of ether oxygens (including phenoxy) is 2. The Kier molecular flexibility index (Phi) is 5.13. The van der Waals surface area contributed by atoms with Crippen molar-refractivity contribution in [3.8, 4) is 11.5 Å². The van der Waals surface area contributed by atoms with E-state index in [0.717, 1.165) is 34.0 Å². The quantitative estimate of drug-likeness (QED) is 0.626. The van der Waals surface area contributed by atoms with Crippen LogP contribution in [-0.4, -0.2) is 23.5 Å². The second kappa shape index (κ2) is 7.33. The number of rotatable bonds is 3. The number of thiocarbonyl (C=S) groups is 1. The van der Waals surface area contributed by atoms with E-state index in [9.17, 15) is 0 Å². The molecule has 5 nitrogen and oxygen atoms in total. The smallest absolute Gasteiger partial charge is 0.191 e. The van der Waals surface area contributed by atoms with Crippen LogP contribution >= 0.6 is 12.2 Å². The van der Waals surface area contributed by atoms with Crippen LogP contribution in [0.4, 0.5) is 5.69 Å². The normalized spacial score (nSPS) is 16.4. The van der Waals surface area contributed by atoms with Crippen LogP contribution in [0.5, 0.6) is 11.5 Å². The standard InChI is InChI=1S/C20H23N3O2S/c1-13-7-5-6-8-16(13)21-19(26)23-22-17-12-20(2,3)25-18-10-9-14(24-4)11-15(17)18/h5-11H,12H2,1-4H3,(H2,21,23,26)/b22-17-. The molecule has 6 heteroatoms. The lowest BCUT2D eigenvalue weighted by Crippen LogP contribution is -2.37. The van der Waals surface area contributed by atoms with Gasteiger partial charge in [-0.15, -0.1) is 0 Å². The van der Waals surface area contributed by atoms with Crippen LogP contribution in [0.1, 0.15) is 31.4 Å². The van der Waals surface area contributed by atoms with Gasteiger partial charge in [-0.3, -0.25) is 5.43 Å². The minimum absolute atomic E-state index is 0.340. The van der Waals surface area contributed by atoms with Crippen LogP contribution in [0.3, 0.4) is 0 Å². The number of anilines is 1. The van der Waals surface area contributed by atoms with Gasteiger partial charge in [0.1, 0.15) is 17.1 Å². The van der Waals surface area contributed by atoms with E-state index >= 15 is 0 Å². The van der Waals surface area contributed by atoms with Crippen molar-refractivity contribution < 1.29 is 9.47 Å². The Hall–Kier alpha value is -2.60. The van der Waals surface area contributed by atoms with E-state index in [1.54, 1.807) is 7.11 Å². The Bertz CT molecular complexity index is 862. The zero-order valence-electron chi connectivity index (χ0n) is 15.4. The van der Waals surface area contributed by atoms with Crippen LogP contribution < -0.4 is 20.2 Å². The first-order valence-electron chi connectivity index (χ1n) is 8.44. The van der Waals surface area contributed by atoms with Crippen LogP contribution in [0.15, 0.2) is 47.6 Å². The van der Waals surface area contributed by atoms with Crippen molar-refractivity contribution in [1.82, 2.24) is 5.43 Å². The molecule has 0 radical (unpaired) electrons. The third kappa shape index (κ3) is 4.14. The first-order chi connectivity index (χ1) is 12.4. The zero-order valence-corrected chi connectivity index (χ0v) is 16.2. The van der Waals surface area contributed by atoms with Crippen LogP contribution in [-0.2, 0) is 0 Å². The molecule has 0 spiro atoms. The maximum Gasteiger partial charge on any atom is 0.191 e. The highest BCUT2D eigenvalue weighted by atomic mass is 32.1. The van der Waals surface area contributed by atoms with Crippen molar-refractivity contribution in [1.29, 1.82) is 0 Å². The number of nitrogens with zero attached hydrogens (tertiary/aromatic N) is 1. The Morgan fingerprint density at radius 2 is 2.00 bits per heavy atom. The van der Waals surface area contributed by atoms with Gasteiger partial charge < -0.3 is 14.8 Å². The van der Waals surface area contributed by atoms with Gasteiger partial charge >= 0.3 is 0 Å². The molecule has 0 bridgehead atoms. The number of para-hydroxylation sites is 1. The zero-order chi connectivity index (χ0) is 18.7. The lowest BCUT2D eigenvalue weighted by Gasteiger charge is -2.33. The van der Waals surface area contributed by atoms with Crippen molar-refractivity contribution >= 4 is 28.7 Å². The molecule has 2 aromatic rings. The van der Waals surface area contributed by atoms with Crippen LogP contribution in [0, 0.1) is 6.92 Å². The summed E-state index contributed by atoms with van der Waals surface area (Å²) in [5.41, 5.74) is 6.48. The summed E-state index contributed by atoms with van der Waals surface area (Å²) in [4.78, 5) is 0. The van der Waals surface area contributed by atoms with Gasteiger partial charge in [0.15, 0.2) is 5.11 Å². The summed E-state index contributed by atoms with van der Waals surface area (Å²) in [6, 6.07) is 13.7. The van der Waals surface area contributed by atoms with Crippen LogP contribution in [0.25, 0.3) is 0 Å². The van der Waals surface area contributed by atoms with Crippen molar-refractivity contribution in [3.63, 3.8) is 0 Å². The molecule has 1 aliphatic rings. The fraction of sp³-hybridized carbons (Fsp3) is 0.300. The van der Waals surface area contributed by atoms with E-state index in [-0.39, 0.29) is 5.60 Å². The lowest BCUT2D eigenvalue weighted by atomic mass is 9.92. The number of fused-ring (bicyclic) bond motifs is 1. The summed E-state index contributed by atoms with van der Waals surface area (Å²) < 4.78 is 11.4. The molecule has 26 heavy (non-hydrogen) atoms. The van der Waals surface area contributed by atoms with Crippen LogP contribution in [0.2, 0.25) is 0 Å². The summed E-state index contributed by atoms with van der Waals surface area (Å²) >= 11 is 5.38. The third-order valence-corrected chi connectivity index (χ3v) is 4.36. The second-order valence-corrected chi connectivity index (χ2v) is 7.25. The number of hydrogen-bond acceptors (Lipinski definition) is 4. The fourth-order valence-electron chi connectivity index (χ4n) is 2.86. The Morgan fingerprint density at radius 1 is 1.23 bits per heavy atom. The second-order valence-electron chi connectivity index (χ2n) is 6.84. The molecule has 0 unspecified atom stereocenters. The van der Waals surface area contributed by atoms with Gasteiger partial charge in [-0.2, -0.15) is 5.10 Å². The summed E-state index contributed by atoms with van der Waals surface area (Å²) in [6.45, 7) is 6.11. The summed E-state index contributed by atoms with van der Waals surface area (Å²) in [5, 5.41) is 8.17. The molecule has 0 fully saturated rings. The molecule has 0 amide bonds. The molecule has 0 aliphatic carbocycles. The number of hydrazone groups is 1. The Balaban J connectivity index is 1.81. The minimum atomic E-state index is -0.340. The van der Waals surface area contributed by atoms with E-state index in [4.69, 9.17) is 21.7 Å². The first kappa shape index (κ1) is 18.2. The van der Waals surface area contributed by atoms with Crippen molar-refractivity contribution in [2.75, 3.05) is 12.4 Å². The topological polar surface area (TPSA) is 54.9 Å². The largest absolute Gasteiger partial charge is 0.497 e. The highest BCUT2D eigenvalue weighted by Gasteiger charge is 2.31. The molecule has 2 N–H and O–H groups in total. The predicted octanol–water partition coefficient (Wildman–Crippen LogP) is 4.26. The highest BCUT2D eigenvalue weighted by Crippen LogP contribution is 2.35. The minimum Gasteiger partial charge on any atom is -0.497 e. The lowest BCUT2D eigenvalue weighted by molar-refractivity contribution is 0.111. The molecular weight excluding hydrogens is 346 g/mol. The van der Waals surface area contributed by atoms with Crippen molar-refractivity contribution in [2.45, 2.75) is 32.8 Å². The van der Waals surface area contributed by atoms with Gasteiger partial charge in [-0.25, -0.2) is 0 Å². The number of benzene rings is 2. The molecular formula is C20H23N3O2S. The van der Waals surface area contributed by atoms with Gasteiger partial charge in [0.05, 0.1) is 12.8 Å². The monoisotopic (exact) mass is 369 g/mol. The maximum absolute atomic E-state index is 6.05. The summed E-state index contributed by atoms with van der Waals surface area (Å²) in [7, 11) is 1.64. The molecule has 1 aliphatic heterocycles. The average molecular weight is 369 g/mol. The van der Waals surface area contributed by atoms with E-state index in [2.05, 4.69) is 15.8 Å². The number of aryl methyl sites for hydroxylation is 1. The number of nitrogens with one attached hydrogen (secondary N) is 2. The molecule has 0 aromatic heterocycles. The molecule has 0 saturated carbocycles. The van der Waals surface area contributed by atoms with Gasteiger partial charge in [0.2, 0.25) is 0 Å². The highest BCUT2D eigenvalue weighted by molar-refractivity contribution is 7.80. The number of hydrogen-bond donors (Lipinski definition) is 2. The third-order valence-electron chi connectivity index (χ3n) is 4.16. The molecule has 136 valence electrons. The van der Waals surface area contributed by atoms with E-state index in [1.807, 2.05) is 63.2 Å². The predicted molar refractivity (Wildman–Crippen MR) is 109 cm³/mol. The van der Waals surface area contributed by atoms with E-state index in [1.165, 1.54) is 0 Å². The van der Waals surface area contributed by atoms with Crippen molar-refractivity contribution in [2.24, 2.45) is 5.10 Å². The molecule has 1 heterocycles. The Morgan fingerprint density at radius 3 is 2.73 bits per heavy atom. The molecule has 3 rings (SSSR count). The Labute approximate surface area is 159 Å². The maximum atomic E-state index is 6.05. The van der Waals surface area contributed by atoms with Crippen molar-refractivity contribution in [3.05, 3.63) is 53.6 Å². The summed E-state index contributed by atoms with van der Waals surface area (Å²) in [5.74, 6) is 1.56. The molecule has 0 saturated heterocycles.